The maximum absolute atomic E-state index is 12.2. The smallest absolute Gasteiger partial charge is 0.242 e. The standard InChI is InChI=1S/C14H25N3O2S/c1-4-5-6-7-8-12(2)17-20(18,19)13-9-10-14(15-3)16-11-13/h9-12,17H,4-8H2,1-3H3,(H,15,16). The summed E-state index contributed by atoms with van der Waals surface area (Å²) in [6.45, 7) is 4.06. The van der Waals surface area contributed by atoms with Crippen LogP contribution in [0.4, 0.5) is 5.82 Å². The summed E-state index contributed by atoms with van der Waals surface area (Å²) in [6, 6.07) is 3.16. The molecule has 0 bridgehead atoms. The van der Waals surface area contributed by atoms with Gasteiger partial charge in [0.2, 0.25) is 10.0 Å². The molecule has 0 saturated carbocycles. The van der Waals surface area contributed by atoms with Crippen LogP contribution in [0.15, 0.2) is 23.2 Å². The fourth-order valence-corrected chi connectivity index (χ4v) is 3.18. The van der Waals surface area contributed by atoms with Gasteiger partial charge in [-0.05, 0) is 25.5 Å². The lowest BCUT2D eigenvalue weighted by Crippen LogP contribution is -2.32. The van der Waals surface area contributed by atoms with Crippen molar-refractivity contribution < 1.29 is 8.42 Å². The van der Waals surface area contributed by atoms with Crippen LogP contribution in [0.5, 0.6) is 0 Å². The molecule has 0 saturated heterocycles. The average molecular weight is 299 g/mol. The highest BCUT2D eigenvalue weighted by molar-refractivity contribution is 7.89. The van der Waals surface area contributed by atoms with Crippen LogP contribution in [0, 0.1) is 0 Å². The molecule has 0 spiro atoms. The minimum atomic E-state index is -3.47. The molecule has 0 fully saturated rings. The molecule has 0 radical (unpaired) electrons. The third kappa shape index (κ3) is 5.46. The Kier molecular flexibility index (Phi) is 6.95. The Morgan fingerprint density at radius 3 is 2.55 bits per heavy atom. The first-order valence-corrected chi connectivity index (χ1v) is 8.64. The summed E-state index contributed by atoms with van der Waals surface area (Å²) in [5.41, 5.74) is 0. The largest absolute Gasteiger partial charge is 0.373 e. The summed E-state index contributed by atoms with van der Waals surface area (Å²) in [4.78, 5) is 4.23. The van der Waals surface area contributed by atoms with E-state index in [1.807, 2.05) is 6.92 Å². The first kappa shape index (κ1) is 16.9. The summed E-state index contributed by atoms with van der Waals surface area (Å²) in [5, 5.41) is 2.86. The lowest BCUT2D eigenvalue weighted by Gasteiger charge is -2.14. The molecule has 1 unspecified atom stereocenters. The van der Waals surface area contributed by atoms with Gasteiger partial charge in [-0.15, -0.1) is 0 Å². The molecule has 0 aliphatic heterocycles. The summed E-state index contributed by atoms with van der Waals surface area (Å²) < 4.78 is 27.0. The number of hydrogen-bond acceptors (Lipinski definition) is 4. The molecule has 1 heterocycles. The number of hydrogen-bond donors (Lipinski definition) is 2. The minimum Gasteiger partial charge on any atom is -0.373 e. The van der Waals surface area contributed by atoms with E-state index >= 15 is 0 Å². The third-order valence-corrected chi connectivity index (χ3v) is 4.72. The van der Waals surface area contributed by atoms with Crippen LogP contribution in [0.2, 0.25) is 0 Å². The Hall–Kier alpha value is -1.14. The summed E-state index contributed by atoms with van der Waals surface area (Å²) in [5.74, 6) is 0.650. The van der Waals surface area contributed by atoms with Crippen molar-refractivity contribution in [1.82, 2.24) is 9.71 Å². The Labute approximate surface area is 122 Å². The fourth-order valence-electron chi connectivity index (χ4n) is 1.96. The molecule has 114 valence electrons. The van der Waals surface area contributed by atoms with E-state index in [-0.39, 0.29) is 10.9 Å². The number of aromatic nitrogens is 1. The Bertz CT molecular complexity index is 486. The van der Waals surface area contributed by atoms with E-state index in [0.717, 1.165) is 19.3 Å². The monoisotopic (exact) mass is 299 g/mol. The van der Waals surface area contributed by atoms with Crippen molar-refractivity contribution in [2.24, 2.45) is 0 Å². The van der Waals surface area contributed by atoms with Gasteiger partial charge in [-0.25, -0.2) is 18.1 Å². The van der Waals surface area contributed by atoms with Crippen molar-refractivity contribution in [2.45, 2.75) is 56.9 Å². The number of rotatable bonds is 9. The summed E-state index contributed by atoms with van der Waals surface area (Å²) >= 11 is 0. The van der Waals surface area contributed by atoms with Gasteiger partial charge in [0.25, 0.3) is 0 Å². The van der Waals surface area contributed by atoms with E-state index in [4.69, 9.17) is 0 Å². The fraction of sp³-hybridized carbons (Fsp3) is 0.643. The van der Waals surface area contributed by atoms with Gasteiger partial charge in [-0.1, -0.05) is 32.6 Å². The van der Waals surface area contributed by atoms with Crippen LogP contribution in [0.1, 0.15) is 46.0 Å². The average Bonchev–Trinajstić information content (AvgIpc) is 2.43. The van der Waals surface area contributed by atoms with Crippen LogP contribution in [0.25, 0.3) is 0 Å². The number of nitrogens with zero attached hydrogens (tertiary/aromatic N) is 1. The topological polar surface area (TPSA) is 71.1 Å². The van der Waals surface area contributed by atoms with Gasteiger partial charge < -0.3 is 5.32 Å². The molecule has 2 N–H and O–H groups in total. The molecule has 1 aromatic rings. The van der Waals surface area contributed by atoms with Crippen molar-refractivity contribution in [3.05, 3.63) is 18.3 Å². The molecule has 6 heteroatoms. The van der Waals surface area contributed by atoms with Crippen LogP contribution in [0.3, 0.4) is 0 Å². The second-order valence-corrected chi connectivity index (χ2v) is 6.71. The molecule has 0 aliphatic rings. The Balaban J connectivity index is 2.55. The highest BCUT2D eigenvalue weighted by Crippen LogP contribution is 2.12. The molecular weight excluding hydrogens is 274 g/mol. The molecule has 1 rings (SSSR count). The number of unbranched alkanes of at least 4 members (excludes halogenated alkanes) is 3. The normalized spacial score (nSPS) is 13.2. The van der Waals surface area contributed by atoms with Crippen LogP contribution in [-0.2, 0) is 10.0 Å². The lowest BCUT2D eigenvalue weighted by molar-refractivity contribution is 0.522. The van der Waals surface area contributed by atoms with Crippen molar-refractivity contribution in [2.75, 3.05) is 12.4 Å². The van der Waals surface area contributed by atoms with E-state index in [1.165, 1.54) is 19.0 Å². The summed E-state index contributed by atoms with van der Waals surface area (Å²) in [6.07, 6.45) is 6.83. The second kappa shape index (κ2) is 8.21. The van der Waals surface area contributed by atoms with Crippen molar-refractivity contribution in [3.8, 4) is 0 Å². The van der Waals surface area contributed by atoms with Crippen LogP contribution >= 0.6 is 0 Å². The lowest BCUT2D eigenvalue weighted by atomic mass is 10.1. The first-order chi connectivity index (χ1) is 9.49. The minimum absolute atomic E-state index is 0.0548. The zero-order valence-corrected chi connectivity index (χ0v) is 13.3. The maximum atomic E-state index is 12.2. The number of pyridine rings is 1. The highest BCUT2D eigenvalue weighted by Gasteiger charge is 2.17. The SMILES string of the molecule is CCCCCCC(C)NS(=O)(=O)c1ccc(NC)nc1. The van der Waals surface area contributed by atoms with Gasteiger partial charge in [-0.2, -0.15) is 0 Å². The van der Waals surface area contributed by atoms with Gasteiger partial charge in [0, 0.05) is 19.3 Å². The molecule has 0 aromatic carbocycles. The van der Waals surface area contributed by atoms with Gasteiger partial charge in [0.1, 0.15) is 10.7 Å². The zero-order chi connectivity index (χ0) is 15.0. The molecule has 1 atom stereocenters. The molecular formula is C14H25N3O2S. The zero-order valence-electron chi connectivity index (χ0n) is 12.5. The van der Waals surface area contributed by atoms with E-state index in [0.29, 0.717) is 5.82 Å². The van der Waals surface area contributed by atoms with Crippen LogP contribution < -0.4 is 10.0 Å². The molecule has 5 nitrogen and oxygen atoms in total. The summed E-state index contributed by atoms with van der Waals surface area (Å²) in [7, 11) is -1.72. The van der Waals surface area contributed by atoms with E-state index in [1.54, 1.807) is 19.2 Å². The predicted molar refractivity (Wildman–Crippen MR) is 82.3 cm³/mol. The number of nitrogens with one attached hydrogen (secondary N) is 2. The van der Waals surface area contributed by atoms with Gasteiger partial charge in [0.15, 0.2) is 0 Å². The van der Waals surface area contributed by atoms with E-state index in [9.17, 15) is 8.42 Å². The van der Waals surface area contributed by atoms with Crippen molar-refractivity contribution in [1.29, 1.82) is 0 Å². The quantitative estimate of drug-likeness (QED) is 0.688. The predicted octanol–water partition coefficient (Wildman–Crippen LogP) is 2.76. The number of anilines is 1. The molecule has 1 aromatic heterocycles. The van der Waals surface area contributed by atoms with Crippen molar-refractivity contribution >= 4 is 15.8 Å². The Morgan fingerprint density at radius 2 is 2.00 bits per heavy atom. The van der Waals surface area contributed by atoms with Crippen LogP contribution in [-0.4, -0.2) is 26.5 Å². The Morgan fingerprint density at radius 1 is 1.25 bits per heavy atom. The second-order valence-electron chi connectivity index (χ2n) is 5.00. The van der Waals surface area contributed by atoms with Gasteiger partial charge in [-0.3, -0.25) is 0 Å². The molecule has 20 heavy (non-hydrogen) atoms. The first-order valence-electron chi connectivity index (χ1n) is 7.15. The van der Waals surface area contributed by atoms with Gasteiger partial charge >= 0.3 is 0 Å². The highest BCUT2D eigenvalue weighted by atomic mass is 32.2. The molecule has 0 aliphatic carbocycles. The van der Waals surface area contributed by atoms with Gasteiger partial charge in [0.05, 0.1) is 0 Å². The van der Waals surface area contributed by atoms with E-state index in [2.05, 4.69) is 21.9 Å². The van der Waals surface area contributed by atoms with E-state index < -0.39 is 10.0 Å². The molecule has 0 amide bonds. The third-order valence-electron chi connectivity index (χ3n) is 3.15. The van der Waals surface area contributed by atoms with Crippen molar-refractivity contribution in [3.63, 3.8) is 0 Å². The number of sulfonamides is 1. The maximum Gasteiger partial charge on any atom is 0.242 e.